The Morgan fingerprint density at radius 3 is 2.68 bits per heavy atom. The van der Waals surface area contributed by atoms with Crippen LogP contribution in [0.2, 0.25) is 0 Å². The quantitative estimate of drug-likeness (QED) is 0.433. The van der Waals surface area contributed by atoms with Gasteiger partial charge < -0.3 is 18.9 Å². The number of ether oxygens (including phenoxy) is 4. The fourth-order valence-electron chi connectivity index (χ4n) is 3.58. The molecule has 2 aliphatic rings. The van der Waals surface area contributed by atoms with Crippen LogP contribution in [0.3, 0.4) is 0 Å². The molecule has 2 heterocycles. The first kappa shape index (κ1) is 24.1. The molecule has 1 N–H and O–H groups in total. The summed E-state index contributed by atoms with van der Waals surface area (Å²) in [6.45, 7) is 1.20. The number of anilines is 1. The summed E-state index contributed by atoms with van der Waals surface area (Å²) in [5, 5.41) is 2.65. The predicted octanol–water partition coefficient (Wildman–Crippen LogP) is 4.69. The van der Waals surface area contributed by atoms with E-state index < -0.39 is 6.09 Å². The van der Waals surface area contributed by atoms with Gasteiger partial charge in [-0.25, -0.2) is 4.79 Å². The van der Waals surface area contributed by atoms with Gasteiger partial charge in [0.15, 0.2) is 11.5 Å². The summed E-state index contributed by atoms with van der Waals surface area (Å²) >= 11 is 6.67. The maximum absolute atomic E-state index is 12.9. The zero-order valence-electron chi connectivity index (χ0n) is 18.7. The van der Waals surface area contributed by atoms with Gasteiger partial charge in [0, 0.05) is 12.3 Å². The molecule has 2 amide bonds. The molecule has 2 fully saturated rings. The molecule has 4 rings (SSSR count). The molecule has 1 atom stereocenters. The lowest BCUT2D eigenvalue weighted by Crippen LogP contribution is -2.35. The van der Waals surface area contributed by atoms with E-state index in [1.54, 1.807) is 60.6 Å². The summed E-state index contributed by atoms with van der Waals surface area (Å²) in [5.41, 5.74) is 1.28. The minimum atomic E-state index is -0.661. The lowest BCUT2D eigenvalue weighted by atomic mass is 10.1. The number of nitrogens with one attached hydrogen (secondary N) is 1. The van der Waals surface area contributed by atoms with E-state index in [4.69, 9.17) is 31.2 Å². The van der Waals surface area contributed by atoms with E-state index in [1.165, 1.54) is 18.9 Å². The number of amides is 2. The number of nitrogens with zero attached hydrogens (tertiary/aromatic N) is 1. The van der Waals surface area contributed by atoms with Crippen LogP contribution in [-0.4, -0.2) is 54.7 Å². The minimum Gasteiger partial charge on any atom is -0.497 e. The molecule has 2 aromatic carbocycles. The highest BCUT2D eigenvalue weighted by molar-refractivity contribution is 8.26. The van der Waals surface area contributed by atoms with Gasteiger partial charge in [0.2, 0.25) is 0 Å². The third kappa shape index (κ3) is 5.69. The Morgan fingerprint density at radius 1 is 1.21 bits per heavy atom. The molecule has 0 aliphatic carbocycles. The third-order valence-corrected chi connectivity index (χ3v) is 6.69. The normalized spacial score (nSPS) is 18.9. The maximum atomic E-state index is 12.9. The summed E-state index contributed by atoms with van der Waals surface area (Å²) in [5.74, 6) is 1.15. The van der Waals surface area contributed by atoms with Crippen LogP contribution in [-0.2, 0) is 9.53 Å². The van der Waals surface area contributed by atoms with Gasteiger partial charge in [0.1, 0.15) is 10.1 Å². The van der Waals surface area contributed by atoms with Gasteiger partial charge in [0.25, 0.3) is 5.91 Å². The number of thiocarbonyl (C=S) groups is 1. The number of rotatable bonds is 7. The van der Waals surface area contributed by atoms with Crippen LogP contribution < -0.4 is 19.5 Å². The lowest BCUT2D eigenvalue weighted by Gasteiger charge is -2.18. The van der Waals surface area contributed by atoms with Crippen molar-refractivity contribution in [3.63, 3.8) is 0 Å². The molecule has 178 valence electrons. The van der Waals surface area contributed by atoms with Gasteiger partial charge in [-0.15, -0.1) is 0 Å². The van der Waals surface area contributed by atoms with Gasteiger partial charge in [-0.3, -0.25) is 15.0 Å². The SMILES string of the molecule is COc1ccc(NC(=O)Oc2ccc(/C=C3/SC(=S)N(C[C@H]4CCCO4)C3=O)cc2OC)cc1. The number of hydrogen-bond acceptors (Lipinski definition) is 8. The maximum Gasteiger partial charge on any atom is 0.417 e. The zero-order valence-corrected chi connectivity index (χ0v) is 20.4. The third-order valence-electron chi connectivity index (χ3n) is 5.31. The Hall–Kier alpha value is -3.08. The van der Waals surface area contributed by atoms with E-state index in [2.05, 4.69) is 5.32 Å². The number of benzene rings is 2. The Bertz CT molecular complexity index is 1110. The predicted molar refractivity (Wildman–Crippen MR) is 134 cm³/mol. The van der Waals surface area contributed by atoms with Crippen LogP contribution >= 0.6 is 24.0 Å². The van der Waals surface area contributed by atoms with E-state index in [0.717, 1.165) is 25.0 Å². The number of methoxy groups -OCH3 is 2. The van der Waals surface area contributed by atoms with Crippen LogP contribution in [0.1, 0.15) is 18.4 Å². The molecule has 0 unspecified atom stereocenters. The van der Waals surface area contributed by atoms with Crippen LogP contribution in [0.15, 0.2) is 47.4 Å². The Kier molecular flexibility index (Phi) is 7.71. The van der Waals surface area contributed by atoms with E-state index in [1.807, 2.05) is 0 Å². The smallest absolute Gasteiger partial charge is 0.417 e. The first-order valence-electron chi connectivity index (χ1n) is 10.6. The Labute approximate surface area is 207 Å². The van der Waals surface area contributed by atoms with Crippen molar-refractivity contribution < 1.29 is 28.5 Å². The molecule has 10 heteroatoms. The number of hydrogen-bond donors (Lipinski definition) is 1. The van der Waals surface area contributed by atoms with Gasteiger partial charge >= 0.3 is 6.09 Å². The van der Waals surface area contributed by atoms with Crippen molar-refractivity contribution in [2.45, 2.75) is 18.9 Å². The highest BCUT2D eigenvalue weighted by Gasteiger charge is 2.34. The van der Waals surface area contributed by atoms with Crippen molar-refractivity contribution >= 4 is 52.1 Å². The number of carbonyl (C=O) groups excluding carboxylic acids is 2. The van der Waals surface area contributed by atoms with Gasteiger partial charge in [-0.1, -0.05) is 30.0 Å². The summed E-state index contributed by atoms with van der Waals surface area (Å²) in [6, 6.07) is 11.9. The summed E-state index contributed by atoms with van der Waals surface area (Å²) in [6.07, 6.45) is 3.05. The Morgan fingerprint density at radius 2 is 2.00 bits per heavy atom. The molecule has 0 bridgehead atoms. The molecule has 0 radical (unpaired) electrons. The molecule has 0 spiro atoms. The fraction of sp³-hybridized carbons (Fsp3) is 0.292. The van der Waals surface area contributed by atoms with Crippen molar-refractivity contribution in [1.82, 2.24) is 4.90 Å². The zero-order chi connectivity index (χ0) is 24.1. The van der Waals surface area contributed by atoms with Crippen LogP contribution in [0.5, 0.6) is 17.2 Å². The second-order valence-corrected chi connectivity index (χ2v) is 9.26. The molecule has 0 saturated carbocycles. The van der Waals surface area contributed by atoms with Crippen molar-refractivity contribution in [3.8, 4) is 17.2 Å². The summed E-state index contributed by atoms with van der Waals surface area (Å²) in [7, 11) is 3.05. The van der Waals surface area contributed by atoms with Crippen molar-refractivity contribution in [2.24, 2.45) is 0 Å². The first-order valence-corrected chi connectivity index (χ1v) is 11.9. The van der Waals surface area contributed by atoms with Crippen molar-refractivity contribution in [3.05, 3.63) is 52.9 Å². The van der Waals surface area contributed by atoms with Crippen molar-refractivity contribution in [1.29, 1.82) is 0 Å². The van der Waals surface area contributed by atoms with Gasteiger partial charge in [-0.2, -0.15) is 0 Å². The summed E-state index contributed by atoms with van der Waals surface area (Å²) < 4.78 is 22.1. The molecule has 34 heavy (non-hydrogen) atoms. The minimum absolute atomic E-state index is 0.0300. The largest absolute Gasteiger partial charge is 0.497 e. The first-order chi connectivity index (χ1) is 16.5. The van der Waals surface area contributed by atoms with E-state index in [0.29, 0.717) is 33.0 Å². The van der Waals surface area contributed by atoms with Crippen LogP contribution in [0.4, 0.5) is 10.5 Å². The molecular formula is C24H24N2O6S2. The van der Waals surface area contributed by atoms with Crippen LogP contribution in [0, 0.1) is 0 Å². The molecule has 0 aromatic heterocycles. The highest BCUT2D eigenvalue weighted by Crippen LogP contribution is 2.35. The fourth-order valence-corrected chi connectivity index (χ4v) is 4.85. The van der Waals surface area contributed by atoms with Gasteiger partial charge in [-0.05, 0) is 60.9 Å². The second-order valence-electron chi connectivity index (χ2n) is 7.58. The lowest BCUT2D eigenvalue weighted by molar-refractivity contribution is -0.123. The molecular weight excluding hydrogens is 476 g/mol. The monoisotopic (exact) mass is 500 g/mol. The van der Waals surface area contributed by atoms with Crippen molar-refractivity contribution in [2.75, 3.05) is 32.7 Å². The van der Waals surface area contributed by atoms with Crippen LogP contribution in [0.25, 0.3) is 6.08 Å². The summed E-state index contributed by atoms with van der Waals surface area (Å²) in [4.78, 5) is 27.3. The van der Waals surface area contributed by atoms with E-state index >= 15 is 0 Å². The van der Waals surface area contributed by atoms with E-state index in [9.17, 15) is 9.59 Å². The standard InChI is InChI=1S/C24H24N2O6S2/c1-29-17-8-6-16(7-9-17)25-23(28)32-19-10-5-15(12-20(19)30-2)13-21-22(27)26(24(33)34-21)14-18-4-3-11-31-18/h5-10,12-13,18H,3-4,11,14H2,1-2H3,(H,25,28)/b21-13+/t18-/m1/s1. The molecule has 2 aliphatic heterocycles. The number of carbonyl (C=O) groups is 2. The van der Waals surface area contributed by atoms with Gasteiger partial charge in [0.05, 0.1) is 31.8 Å². The van der Waals surface area contributed by atoms with E-state index in [-0.39, 0.29) is 17.8 Å². The molecule has 2 saturated heterocycles. The molecule has 8 nitrogen and oxygen atoms in total. The molecule has 2 aromatic rings. The second kappa shape index (κ2) is 10.9. The highest BCUT2D eigenvalue weighted by atomic mass is 32.2. The average Bonchev–Trinajstić information content (AvgIpc) is 3.44. The Balaban J connectivity index is 1.43. The average molecular weight is 501 g/mol. The number of thioether (sulfide) groups is 1. The topological polar surface area (TPSA) is 86.3 Å².